The maximum atomic E-state index is 12.4. The number of aromatic nitrogens is 5. The van der Waals surface area contributed by atoms with E-state index in [9.17, 15) is 4.79 Å². The summed E-state index contributed by atoms with van der Waals surface area (Å²) in [5.74, 6) is 0.345. The number of H-pyrrole nitrogens is 1. The van der Waals surface area contributed by atoms with Gasteiger partial charge >= 0.3 is 12.0 Å². The predicted octanol–water partition coefficient (Wildman–Crippen LogP) is 0.841. The third-order valence-corrected chi connectivity index (χ3v) is 4.54. The van der Waals surface area contributed by atoms with E-state index in [-0.39, 0.29) is 12.0 Å². The van der Waals surface area contributed by atoms with E-state index in [2.05, 4.69) is 35.8 Å². The van der Waals surface area contributed by atoms with Crippen LogP contribution in [0.25, 0.3) is 10.9 Å². The van der Waals surface area contributed by atoms with Gasteiger partial charge in [-0.1, -0.05) is 0 Å². The van der Waals surface area contributed by atoms with E-state index in [1.165, 1.54) is 7.11 Å². The van der Waals surface area contributed by atoms with Gasteiger partial charge in [0.25, 0.3) is 0 Å². The fraction of sp³-hybridized carbons (Fsp3) is 0.389. The van der Waals surface area contributed by atoms with Crippen molar-refractivity contribution in [1.82, 2.24) is 30.5 Å². The number of carbonyl (C=O) groups is 1. The lowest BCUT2D eigenvalue weighted by Crippen LogP contribution is -2.56. The molecule has 152 valence electrons. The monoisotopic (exact) mass is 398 g/mol. The molecule has 11 nitrogen and oxygen atoms in total. The van der Waals surface area contributed by atoms with Crippen LogP contribution in [0.15, 0.2) is 24.4 Å². The Balaban J connectivity index is 1.64. The molecule has 0 radical (unpaired) electrons. The van der Waals surface area contributed by atoms with Gasteiger partial charge in [0.2, 0.25) is 11.9 Å². The van der Waals surface area contributed by atoms with Gasteiger partial charge in [-0.3, -0.25) is 5.10 Å². The summed E-state index contributed by atoms with van der Waals surface area (Å²) in [4.78, 5) is 27.3. The molecule has 0 saturated carbocycles. The van der Waals surface area contributed by atoms with Gasteiger partial charge in [0.05, 0.1) is 25.4 Å². The number of esters is 1. The Kier molecular flexibility index (Phi) is 5.38. The van der Waals surface area contributed by atoms with Crippen LogP contribution < -0.4 is 20.3 Å². The number of ether oxygens (including phenoxy) is 2. The summed E-state index contributed by atoms with van der Waals surface area (Å²) in [5, 5.41) is 14.3. The molecular formula is C18H22N8O3. The van der Waals surface area contributed by atoms with Crippen molar-refractivity contribution in [3.05, 3.63) is 24.4 Å². The molecule has 2 aromatic heterocycles. The Hall–Kier alpha value is -3.47. The maximum Gasteiger partial charge on any atom is 0.330 e. The largest absolute Gasteiger partial charge is 0.467 e. The SMILES string of the molecule is CCOC(=O)C1CNCCN1c1nc(Nc2ccc3[nH]ncc3c2)nc(OC)n1. The minimum Gasteiger partial charge on any atom is -0.467 e. The zero-order valence-electron chi connectivity index (χ0n) is 16.2. The second-order valence-electron chi connectivity index (χ2n) is 6.41. The lowest BCUT2D eigenvalue weighted by Gasteiger charge is -2.34. The number of rotatable bonds is 6. The molecule has 0 spiro atoms. The van der Waals surface area contributed by atoms with Crippen molar-refractivity contribution in [1.29, 1.82) is 0 Å². The average Bonchev–Trinajstić information content (AvgIpc) is 3.21. The lowest BCUT2D eigenvalue weighted by atomic mass is 10.2. The van der Waals surface area contributed by atoms with Crippen molar-refractivity contribution >= 4 is 34.5 Å². The summed E-state index contributed by atoms with van der Waals surface area (Å²) in [6, 6.07) is 5.37. The molecule has 3 aromatic rings. The van der Waals surface area contributed by atoms with E-state index in [1.54, 1.807) is 13.1 Å². The minimum atomic E-state index is -0.522. The van der Waals surface area contributed by atoms with E-state index >= 15 is 0 Å². The van der Waals surface area contributed by atoms with Gasteiger partial charge in [0.15, 0.2) is 0 Å². The Morgan fingerprint density at radius 2 is 2.24 bits per heavy atom. The van der Waals surface area contributed by atoms with Crippen molar-refractivity contribution < 1.29 is 14.3 Å². The van der Waals surface area contributed by atoms with Crippen LogP contribution >= 0.6 is 0 Å². The van der Waals surface area contributed by atoms with Crippen LogP contribution in [0.3, 0.4) is 0 Å². The first-order chi connectivity index (χ1) is 14.2. The molecule has 1 unspecified atom stereocenters. The highest BCUT2D eigenvalue weighted by molar-refractivity contribution is 5.82. The van der Waals surface area contributed by atoms with Crippen LogP contribution in [0.2, 0.25) is 0 Å². The fourth-order valence-electron chi connectivity index (χ4n) is 3.16. The molecule has 0 amide bonds. The molecule has 0 aliphatic carbocycles. The first-order valence-electron chi connectivity index (χ1n) is 9.32. The molecule has 3 N–H and O–H groups in total. The second kappa shape index (κ2) is 8.27. The van der Waals surface area contributed by atoms with Crippen LogP contribution in [-0.4, -0.2) is 70.5 Å². The number of piperazine rings is 1. The average molecular weight is 398 g/mol. The highest BCUT2D eigenvalue weighted by Gasteiger charge is 2.32. The van der Waals surface area contributed by atoms with E-state index in [0.717, 1.165) is 16.6 Å². The van der Waals surface area contributed by atoms with E-state index in [1.807, 2.05) is 23.1 Å². The molecule has 11 heteroatoms. The number of fused-ring (bicyclic) bond motifs is 1. The molecule has 1 atom stereocenters. The number of nitrogens with zero attached hydrogens (tertiary/aromatic N) is 5. The number of aromatic amines is 1. The topological polar surface area (TPSA) is 130 Å². The van der Waals surface area contributed by atoms with Crippen molar-refractivity contribution in [3.8, 4) is 6.01 Å². The maximum absolute atomic E-state index is 12.4. The first kappa shape index (κ1) is 18.9. The number of anilines is 3. The number of nitrogens with one attached hydrogen (secondary N) is 3. The van der Waals surface area contributed by atoms with Crippen LogP contribution in [0.5, 0.6) is 6.01 Å². The Morgan fingerprint density at radius 3 is 3.07 bits per heavy atom. The molecule has 3 heterocycles. The van der Waals surface area contributed by atoms with Gasteiger partial charge in [0, 0.05) is 30.7 Å². The summed E-state index contributed by atoms with van der Waals surface area (Å²) in [7, 11) is 1.49. The standard InChI is InChI=1S/C18H22N8O3/c1-3-29-15(27)14-10-19-6-7-26(14)17-22-16(23-18(24-17)28-2)21-12-4-5-13-11(8-12)9-20-25-13/h4-5,8-9,14,19H,3,6-7,10H2,1-2H3,(H,20,25)(H,21,22,23,24). The highest BCUT2D eigenvalue weighted by atomic mass is 16.5. The zero-order chi connectivity index (χ0) is 20.2. The van der Waals surface area contributed by atoms with Gasteiger partial charge in [-0.25, -0.2) is 4.79 Å². The minimum absolute atomic E-state index is 0.156. The Labute approximate surface area is 166 Å². The normalized spacial score (nSPS) is 16.6. The number of methoxy groups -OCH3 is 1. The van der Waals surface area contributed by atoms with E-state index < -0.39 is 6.04 Å². The van der Waals surface area contributed by atoms with Crippen molar-refractivity contribution in [2.24, 2.45) is 0 Å². The van der Waals surface area contributed by atoms with Gasteiger partial charge in [-0.05, 0) is 25.1 Å². The van der Waals surface area contributed by atoms with E-state index in [0.29, 0.717) is 38.1 Å². The number of benzene rings is 1. The molecule has 0 bridgehead atoms. The third-order valence-electron chi connectivity index (χ3n) is 4.54. The number of hydrogen-bond donors (Lipinski definition) is 3. The van der Waals surface area contributed by atoms with Crippen molar-refractivity contribution in [3.63, 3.8) is 0 Å². The van der Waals surface area contributed by atoms with Crippen molar-refractivity contribution in [2.45, 2.75) is 13.0 Å². The molecule has 29 heavy (non-hydrogen) atoms. The quantitative estimate of drug-likeness (QED) is 0.514. The summed E-state index contributed by atoms with van der Waals surface area (Å²) >= 11 is 0. The van der Waals surface area contributed by atoms with Gasteiger partial charge in [0.1, 0.15) is 6.04 Å². The van der Waals surface area contributed by atoms with Crippen LogP contribution in [-0.2, 0) is 9.53 Å². The highest BCUT2D eigenvalue weighted by Crippen LogP contribution is 2.23. The summed E-state index contributed by atoms with van der Waals surface area (Å²) in [6.07, 6.45) is 1.74. The second-order valence-corrected chi connectivity index (χ2v) is 6.41. The van der Waals surface area contributed by atoms with Gasteiger partial charge in [-0.15, -0.1) is 0 Å². The molecule has 1 fully saturated rings. The number of carbonyl (C=O) groups excluding carboxylic acids is 1. The third kappa shape index (κ3) is 4.04. The molecule has 1 aliphatic heterocycles. The summed E-state index contributed by atoms with van der Waals surface area (Å²) in [5.41, 5.74) is 1.72. The predicted molar refractivity (Wildman–Crippen MR) is 106 cm³/mol. The smallest absolute Gasteiger partial charge is 0.330 e. The van der Waals surface area contributed by atoms with Crippen LogP contribution in [0, 0.1) is 0 Å². The Bertz CT molecular complexity index is 1010. The Morgan fingerprint density at radius 1 is 1.34 bits per heavy atom. The molecular weight excluding hydrogens is 376 g/mol. The molecule has 1 aromatic carbocycles. The fourth-order valence-corrected chi connectivity index (χ4v) is 3.16. The van der Waals surface area contributed by atoms with Gasteiger partial charge < -0.3 is 25.0 Å². The molecule has 1 saturated heterocycles. The number of hydrogen-bond acceptors (Lipinski definition) is 10. The van der Waals surface area contributed by atoms with Crippen LogP contribution in [0.1, 0.15) is 6.92 Å². The lowest BCUT2D eigenvalue weighted by molar-refractivity contribution is -0.144. The van der Waals surface area contributed by atoms with Crippen molar-refractivity contribution in [2.75, 3.05) is 43.6 Å². The first-order valence-corrected chi connectivity index (χ1v) is 9.32. The summed E-state index contributed by atoms with van der Waals surface area (Å²) < 4.78 is 10.5. The van der Waals surface area contributed by atoms with Crippen LogP contribution in [0.4, 0.5) is 17.6 Å². The molecule has 1 aliphatic rings. The van der Waals surface area contributed by atoms with Gasteiger partial charge in [-0.2, -0.15) is 20.1 Å². The van der Waals surface area contributed by atoms with E-state index in [4.69, 9.17) is 9.47 Å². The zero-order valence-corrected chi connectivity index (χ0v) is 16.2. The summed E-state index contributed by atoms with van der Waals surface area (Å²) in [6.45, 7) is 3.80. The molecule has 4 rings (SSSR count).